The maximum absolute atomic E-state index is 12.7. The molecule has 0 radical (unpaired) electrons. The maximum atomic E-state index is 12.7. The molecular weight excluding hydrogens is 424 g/mol. The van der Waals surface area contributed by atoms with Crippen LogP contribution in [0.4, 0.5) is 0 Å². The quantitative estimate of drug-likeness (QED) is 0.730. The van der Waals surface area contributed by atoms with E-state index in [1.165, 1.54) is 21.8 Å². The zero-order chi connectivity index (χ0) is 16.4. The van der Waals surface area contributed by atoms with Gasteiger partial charge in [-0.05, 0) is 40.9 Å². The summed E-state index contributed by atoms with van der Waals surface area (Å²) in [5.41, 5.74) is 0. The summed E-state index contributed by atoms with van der Waals surface area (Å²) in [6.07, 6.45) is 4.43. The number of aromatic nitrogens is 1. The molecule has 0 aliphatic carbocycles. The lowest BCUT2D eigenvalue weighted by molar-refractivity contribution is 0.130. The number of halogens is 2. The Morgan fingerprint density at radius 3 is 2.91 bits per heavy atom. The Hall–Kier alpha value is -0.670. The van der Waals surface area contributed by atoms with Crippen molar-refractivity contribution in [3.63, 3.8) is 0 Å². The molecule has 1 unspecified atom stereocenters. The van der Waals surface area contributed by atoms with Crippen LogP contribution < -0.4 is 4.74 Å². The minimum Gasteiger partial charge on any atom is -0.487 e. The van der Waals surface area contributed by atoms with Gasteiger partial charge in [0.1, 0.15) is 21.1 Å². The van der Waals surface area contributed by atoms with E-state index in [2.05, 4.69) is 20.9 Å². The summed E-state index contributed by atoms with van der Waals surface area (Å²) in [5.74, 6) is 0.532. The highest BCUT2D eigenvalue weighted by Gasteiger charge is 2.32. The number of pyridine rings is 1. The van der Waals surface area contributed by atoms with Gasteiger partial charge in [-0.2, -0.15) is 4.31 Å². The maximum Gasteiger partial charge on any atom is 0.252 e. The Labute approximate surface area is 152 Å². The molecule has 1 atom stereocenters. The van der Waals surface area contributed by atoms with Crippen molar-refractivity contribution in [2.45, 2.75) is 23.2 Å². The average Bonchev–Trinajstić information content (AvgIpc) is 2.97. The SMILES string of the molecule is O=S(=O)(c1ccc(Br)s1)N1CCCC(Oc2ccncc2Cl)C1. The van der Waals surface area contributed by atoms with Gasteiger partial charge in [-0.25, -0.2) is 8.42 Å². The number of sulfonamides is 1. The number of hydrogen-bond acceptors (Lipinski definition) is 5. The summed E-state index contributed by atoms with van der Waals surface area (Å²) >= 11 is 10.6. The molecule has 124 valence electrons. The van der Waals surface area contributed by atoms with Crippen LogP contribution in [0.3, 0.4) is 0 Å². The number of thiophene rings is 1. The van der Waals surface area contributed by atoms with E-state index < -0.39 is 10.0 Å². The molecule has 0 amide bonds. The fourth-order valence-corrected chi connectivity index (χ4v) is 6.26. The Morgan fingerprint density at radius 2 is 2.22 bits per heavy atom. The number of hydrogen-bond donors (Lipinski definition) is 0. The summed E-state index contributed by atoms with van der Waals surface area (Å²) < 4.78 is 33.9. The molecule has 2 aromatic rings. The molecule has 1 aliphatic rings. The molecule has 2 aromatic heterocycles. The highest BCUT2D eigenvalue weighted by Crippen LogP contribution is 2.31. The highest BCUT2D eigenvalue weighted by atomic mass is 79.9. The van der Waals surface area contributed by atoms with E-state index in [0.29, 0.717) is 28.1 Å². The van der Waals surface area contributed by atoms with Crippen LogP contribution in [0.15, 0.2) is 38.6 Å². The monoisotopic (exact) mass is 436 g/mol. The van der Waals surface area contributed by atoms with Crippen LogP contribution in [0.5, 0.6) is 5.75 Å². The molecule has 0 saturated carbocycles. The van der Waals surface area contributed by atoms with Crippen LogP contribution in [0, 0.1) is 0 Å². The summed E-state index contributed by atoms with van der Waals surface area (Å²) in [6.45, 7) is 0.818. The molecule has 0 aromatic carbocycles. The fourth-order valence-electron chi connectivity index (χ4n) is 2.42. The van der Waals surface area contributed by atoms with E-state index in [0.717, 1.165) is 16.6 Å². The summed E-state index contributed by atoms with van der Waals surface area (Å²) in [5, 5.41) is 0.426. The lowest BCUT2D eigenvalue weighted by Gasteiger charge is -2.31. The van der Waals surface area contributed by atoms with Crippen molar-refractivity contribution in [1.29, 1.82) is 0 Å². The van der Waals surface area contributed by atoms with Crippen molar-refractivity contribution >= 4 is 48.9 Å². The van der Waals surface area contributed by atoms with Crippen molar-refractivity contribution in [3.8, 4) is 5.75 Å². The topological polar surface area (TPSA) is 59.5 Å². The predicted octanol–water partition coefficient (Wildman–Crippen LogP) is 3.79. The molecule has 3 rings (SSSR count). The lowest BCUT2D eigenvalue weighted by Crippen LogP contribution is -2.44. The van der Waals surface area contributed by atoms with Gasteiger partial charge in [-0.3, -0.25) is 4.98 Å². The third-order valence-corrected chi connectivity index (χ3v) is 7.75. The van der Waals surface area contributed by atoms with Gasteiger partial charge in [0.25, 0.3) is 10.0 Å². The highest BCUT2D eigenvalue weighted by molar-refractivity contribution is 9.11. The van der Waals surface area contributed by atoms with E-state index in [4.69, 9.17) is 16.3 Å². The van der Waals surface area contributed by atoms with Crippen molar-refractivity contribution in [2.24, 2.45) is 0 Å². The van der Waals surface area contributed by atoms with Gasteiger partial charge in [0, 0.05) is 25.0 Å². The van der Waals surface area contributed by atoms with Gasteiger partial charge in [-0.15, -0.1) is 11.3 Å². The zero-order valence-electron chi connectivity index (χ0n) is 12.0. The van der Waals surface area contributed by atoms with Crippen molar-refractivity contribution < 1.29 is 13.2 Å². The third kappa shape index (κ3) is 3.88. The second-order valence-corrected chi connectivity index (χ2v) is 10.1. The van der Waals surface area contributed by atoms with Crippen LogP contribution in [-0.2, 0) is 10.0 Å². The van der Waals surface area contributed by atoms with Crippen molar-refractivity contribution in [2.75, 3.05) is 13.1 Å². The first kappa shape index (κ1) is 17.2. The zero-order valence-corrected chi connectivity index (χ0v) is 16.0. The molecule has 5 nitrogen and oxygen atoms in total. The third-order valence-electron chi connectivity index (χ3n) is 3.51. The first-order valence-electron chi connectivity index (χ1n) is 6.98. The van der Waals surface area contributed by atoms with E-state index in [-0.39, 0.29) is 6.10 Å². The minimum absolute atomic E-state index is 0.221. The molecule has 3 heterocycles. The molecule has 9 heteroatoms. The Balaban J connectivity index is 1.75. The first-order valence-corrected chi connectivity index (χ1v) is 10.4. The summed E-state index contributed by atoms with van der Waals surface area (Å²) in [7, 11) is -3.48. The standard InChI is InChI=1S/C14H14BrClN2O3S2/c15-13-3-4-14(22-13)23(19,20)18-7-1-2-10(9-18)21-12-5-6-17-8-11(12)16/h3-6,8,10H,1-2,7,9H2. The Morgan fingerprint density at radius 1 is 1.39 bits per heavy atom. The van der Waals surface area contributed by atoms with Crippen LogP contribution in [0.25, 0.3) is 0 Å². The average molecular weight is 438 g/mol. The number of nitrogens with zero attached hydrogens (tertiary/aromatic N) is 2. The Kier molecular flexibility index (Phi) is 5.27. The van der Waals surface area contributed by atoms with Gasteiger partial charge in [0.05, 0.1) is 10.3 Å². The second kappa shape index (κ2) is 7.06. The van der Waals surface area contributed by atoms with Gasteiger partial charge >= 0.3 is 0 Å². The minimum atomic E-state index is -3.48. The number of rotatable bonds is 4. The van der Waals surface area contributed by atoms with Crippen LogP contribution in [0.2, 0.25) is 5.02 Å². The van der Waals surface area contributed by atoms with Gasteiger partial charge < -0.3 is 4.74 Å². The van der Waals surface area contributed by atoms with Crippen molar-refractivity contribution in [3.05, 3.63) is 39.4 Å². The molecule has 0 spiro atoms. The van der Waals surface area contributed by atoms with Crippen LogP contribution in [0.1, 0.15) is 12.8 Å². The summed E-state index contributed by atoms with van der Waals surface area (Å²) in [6, 6.07) is 5.05. The molecule has 23 heavy (non-hydrogen) atoms. The van der Waals surface area contributed by atoms with Crippen LogP contribution in [-0.4, -0.2) is 36.9 Å². The summed E-state index contributed by atoms with van der Waals surface area (Å²) in [4.78, 5) is 3.91. The van der Waals surface area contributed by atoms with E-state index in [1.807, 2.05) is 0 Å². The van der Waals surface area contributed by atoms with Gasteiger partial charge in [0.2, 0.25) is 0 Å². The van der Waals surface area contributed by atoms with Crippen LogP contribution >= 0.6 is 38.9 Å². The Bertz CT molecular complexity index is 797. The molecule has 0 bridgehead atoms. The van der Waals surface area contributed by atoms with Gasteiger partial charge in [0.15, 0.2) is 0 Å². The molecular formula is C14H14BrClN2O3S2. The number of piperidine rings is 1. The van der Waals surface area contributed by atoms with E-state index in [1.54, 1.807) is 24.4 Å². The molecule has 1 fully saturated rings. The van der Waals surface area contributed by atoms with Crippen molar-refractivity contribution in [1.82, 2.24) is 9.29 Å². The molecule has 1 aliphatic heterocycles. The predicted molar refractivity (Wildman–Crippen MR) is 93.7 cm³/mol. The lowest BCUT2D eigenvalue weighted by atomic mass is 10.1. The normalized spacial score (nSPS) is 19.7. The fraction of sp³-hybridized carbons (Fsp3) is 0.357. The second-order valence-electron chi connectivity index (χ2n) is 5.11. The first-order chi connectivity index (χ1) is 11.0. The largest absolute Gasteiger partial charge is 0.487 e. The number of ether oxygens (including phenoxy) is 1. The molecule has 1 saturated heterocycles. The smallest absolute Gasteiger partial charge is 0.252 e. The van der Waals surface area contributed by atoms with E-state index >= 15 is 0 Å². The van der Waals surface area contributed by atoms with Gasteiger partial charge in [-0.1, -0.05) is 11.6 Å². The van der Waals surface area contributed by atoms with E-state index in [9.17, 15) is 8.42 Å². The molecule has 0 N–H and O–H groups in total.